The Labute approximate surface area is 149 Å². The first-order chi connectivity index (χ1) is 11.5. The lowest BCUT2D eigenvalue weighted by molar-refractivity contribution is -0.236. The molecule has 140 valence electrons. The summed E-state index contributed by atoms with van der Waals surface area (Å²) in [5.74, 6) is -1.42. The van der Waals surface area contributed by atoms with Gasteiger partial charge in [0.1, 0.15) is 11.8 Å². The maximum atomic E-state index is 13.0. The van der Waals surface area contributed by atoms with E-state index < -0.39 is 41.3 Å². The number of hydrogen-bond donors (Lipinski definition) is 2. The van der Waals surface area contributed by atoms with Crippen molar-refractivity contribution in [2.45, 2.75) is 25.5 Å². The molecule has 0 aromatic heterocycles. The molecule has 0 heterocycles. The molecule has 0 saturated heterocycles. The summed E-state index contributed by atoms with van der Waals surface area (Å²) in [6.45, 7) is 1.33. The molecule has 12 heteroatoms. The molecule has 2 atom stereocenters. The number of urea groups is 1. The molecule has 0 radical (unpaired) electrons. The van der Waals surface area contributed by atoms with Crippen LogP contribution in [0.25, 0.3) is 0 Å². The number of alkyl halides is 4. The van der Waals surface area contributed by atoms with Crippen LogP contribution in [0.1, 0.15) is 6.92 Å². The van der Waals surface area contributed by atoms with E-state index in [4.69, 9.17) is 23.2 Å². The number of halogens is 6. The van der Waals surface area contributed by atoms with Crippen molar-refractivity contribution in [3.8, 4) is 5.75 Å². The highest BCUT2D eigenvalue weighted by atomic mass is 35.5. The Balaban J connectivity index is 2.92. The normalized spacial score (nSPS) is 13.6. The van der Waals surface area contributed by atoms with Crippen LogP contribution in [0.15, 0.2) is 12.1 Å². The number of anilines is 1. The van der Waals surface area contributed by atoms with Gasteiger partial charge in [-0.05, 0) is 13.0 Å². The van der Waals surface area contributed by atoms with Gasteiger partial charge >= 0.3 is 24.5 Å². The fourth-order valence-electron chi connectivity index (χ4n) is 1.48. The van der Waals surface area contributed by atoms with Crippen molar-refractivity contribution < 1.29 is 36.6 Å². The average molecular weight is 407 g/mol. The summed E-state index contributed by atoms with van der Waals surface area (Å²) in [7, 11) is 1.12. The molecule has 0 aliphatic rings. The number of esters is 1. The number of methoxy groups -OCH3 is 1. The number of carbonyl (C=O) groups is 2. The lowest BCUT2D eigenvalue weighted by Gasteiger charge is -2.17. The maximum absolute atomic E-state index is 13.0. The van der Waals surface area contributed by atoms with Crippen LogP contribution in [0.2, 0.25) is 10.0 Å². The molecule has 6 nitrogen and oxygen atoms in total. The van der Waals surface area contributed by atoms with Crippen molar-refractivity contribution in [3.63, 3.8) is 0 Å². The number of benzene rings is 1. The largest absolute Gasteiger partial charge is 0.467 e. The third-order valence-corrected chi connectivity index (χ3v) is 3.27. The van der Waals surface area contributed by atoms with Crippen molar-refractivity contribution in [2.24, 2.45) is 0 Å². The van der Waals surface area contributed by atoms with Gasteiger partial charge < -0.3 is 20.1 Å². The molecule has 0 aliphatic heterocycles. The van der Waals surface area contributed by atoms with E-state index in [0.29, 0.717) is 0 Å². The fraction of sp³-hybridized carbons (Fsp3) is 0.385. The van der Waals surface area contributed by atoms with Gasteiger partial charge in [-0.1, -0.05) is 23.2 Å². The van der Waals surface area contributed by atoms with Crippen LogP contribution in [-0.4, -0.2) is 37.7 Å². The first kappa shape index (κ1) is 21.1. The van der Waals surface area contributed by atoms with E-state index in [-0.39, 0.29) is 10.7 Å². The Morgan fingerprint density at radius 3 is 2.32 bits per heavy atom. The second-order valence-electron chi connectivity index (χ2n) is 4.58. The Hall–Kier alpha value is -1.94. The first-order valence-corrected chi connectivity index (χ1v) is 7.23. The van der Waals surface area contributed by atoms with Gasteiger partial charge in [0, 0.05) is 6.07 Å². The Kier molecular flexibility index (Phi) is 7.12. The van der Waals surface area contributed by atoms with Gasteiger partial charge in [0.15, 0.2) is 0 Å². The molecule has 0 spiro atoms. The number of ether oxygens (including phenoxy) is 2. The number of rotatable bonds is 5. The minimum atomic E-state index is -5.26. The van der Waals surface area contributed by atoms with Crippen LogP contribution >= 0.6 is 23.2 Å². The summed E-state index contributed by atoms with van der Waals surface area (Å²) in [5.41, 5.74) is -0.218. The molecule has 1 aromatic carbocycles. The van der Waals surface area contributed by atoms with E-state index in [2.05, 4.69) is 20.1 Å². The molecule has 1 aromatic rings. The highest BCUT2D eigenvalue weighted by Crippen LogP contribution is 2.36. The van der Waals surface area contributed by atoms with Gasteiger partial charge in [-0.25, -0.2) is 9.59 Å². The fourth-order valence-corrected chi connectivity index (χ4v) is 1.96. The molecule has 25 heavy (non-hydrogen) atoms. The summed E-state index contributed by atoms with van der Waals surface area (Å²) in [6.07, 6.45) is -8.88. The van der Waals surface area contributed by atoms with Gasteiger partial charge in [0.25, 0.3) is 0 Å². The Bertz CT molecular complexity index is 658. The minimum Gasteiger partial charge on any atom is -0.467 e. The average Bonchev–Trinajstić information content (AvgIpc) is 2.49. The molecule has 1 rings (SSSR count). The third kappa shape index (κ3) is 6.13. The monoisotopic (exact) mass is 406 g/mol. The second-order valence-corrected chi connectivity index (χ2v) is 5.40. The minimum absolute atomic E-state index is 0.152. The lowest BCUT2D eigenvalue weighted by atomic mass is 10.3. The standard InChI is InChI=1S/C13H12Cl2F4N2O4/c1-5(10(22)24-2)20-12(23)21-8-4-9(7(15)3-6(8)14)25-11(16)13(17,18)19/h3-5,11H,1-2H3,(H2,20,21,23)/t5-,11?/m0/s1. The topological polar surface area (TPSA) is 76.7 Å². The summed E-state index contributed by atoms with van der Waals surface area (Å²) in [6, 6.07) is -0.153. The quantitative estimate of drug-likeness (QED) is 0.573. The van der Waals surface area contributed by atoms with Crippen LogP contribution in [0.3, 0.4) is 0 Å². The molecular weight excluding hydrogens is 395 g/mol. The summed E-state index contributed by atoms with van der Waals surface area (Å²) < 4.78 is 58.1. The number of nitrogens with one attached hydrogen (secondary N) is 2. The predicted octanol–water partition coefficient (Wildman–Crippen LogP) is 3.91. The van der Waals surface area contributed by atoms with Crippen LogP contribution in [-0.2, 0) is 9.53 Å². The van der Waals surface area contributed by atoms with E-state index in [1.165, 1.54) is 6.92 Å². The van der Waals surface area contributed by atoms with Gasteiger partial charge in [-0.15, -0.1) is 0 Å². The predicted molar refractivity (Wildman–Crippen MR) is 81.7 cm³/mol. The van der Waals surface area contributed by atoms with Crippen LogP contribution < -0.4 is 15.4 Å². The van der Waals surface area contributed by atoms with E-state index in [1.807, 2.05) is 0 Å². The smallest absolute Gasteiger partial charge is 0.457 e. The highest BCUT2D eigenvalue weighted by Gasteiger charge is 2.42. The third-order valence-electron chi connectivity index (χ3n) is 2.66. The number of amides is 2. The van der Waals surface area contributed by atoms with Gasteiger partial charge in [-0.2, -0.15) is 17.6 Å². The number of hydrogen-bond acceptors (Lipinski definition) is 4. The molecule has 1 unspecified atom stereocenters. The van der Waals surface area contributed by atoms with Crippen molar-refractivity contribution in [3.05, 3.63) is 22.2 Å². The molecule has 0 bridgehead atoms. The van der Waals surface area contributed by atoms with Crippen LogP contribution in [0.5, 0.6) is 5.75 Å². The van der Waals surface area contributed by atoms with E-state index in [9.17, 15) is 27.2 Å². The van der Waals surface area contributed by atoms with Crippen molar-refractivity contribution in [1.29, 1.82) is 0 Å². The molecule has 2 amide bonds. The summed E-state index contributed by atoms with van der Waals surface area (Å²) >= 11 is 11.5. The van der Waals surface area contributed by atoms with E-state index in [0.717, 1.165) is 19.2 Å². The lowest BCUT2D eigenvalue weighted by Crippen LogP contribution is -2.41. The number of carbonyl (C=O) groups excluding carboxylic acids is 2. The molecular formula is C13H12Cl2F4N2O4. The van der Waals surface area contributed by atoms with E-state index in [1.54, 1.807) is 0 Å². The van der Waals surface area contributed by atoms with E-state index >= 15 is 0 Å². The highest BCUT2D eigenvalue weighted by molar-refractivity contribution is 6.37. The zero-order valence-electron chi connectivity index (χ0n) is 12.7. The zero-order chi connectivity index (χ0) is 19.4. The molecule has 0 aliphatic carbocycles. The molecule has 0 saturated carbocycles. The van der Waals surface area contributed by atoms with Crippen molar-refractivity contribution >= 4 is 40.9 Å². The second kappa shape index (κ2) is 8.43. The van der Waals surface area contributed by atoms with Crippen LogP contribution in [0, 0.1) is 0 Å². The summed E-state index contributed by atoms with van der Waals surface area (Å²) in [4.78, 5) is 23.0. The Morgan fingerprint density at radius 2 is 1.80 bits per heavy atom. The zero-order valence-corrected chi connectivity index (χ0v) is 14.2. The van der Waals surface area contributed by atoms with Crippen molar-refractivity contribution in [1.82, 2.24) is 5.32 Å². The molecule has 2 N–H and O–H groups in total. The SMILES string of the molecule is COC(=O)[C@H](C)NC(=O)Nc1cc(OC(F)C(F)(F)F)c(Cl)cc1Cl. The van der Waals surface area contributed by atoms with Gasteiger partial charge in [0.2, 0.25) is 0 Å². The maximum Gasteiger partial charge on any atom is 0.457 e. The van der Waals surface area contributed by atoms with Crippen LogP contribution in [0.4, 0.5) is 28.0 Å². The summed E-state index contributed by atoms with van der Waals surface area (Å²) in [5, 5.41) is 3.81. The van der Waals surface area contributed by atoms with Gasteiger partial charge in [-0.3, -0.25) is 0 Å². The first-order valence-electron chi connectivity index (χ1n) is 6.47. The Morgan fingerprint density at radius 1 is 1.20 bits per heavy atom. The van der Waals surface area contributed by atoms with Gasteiger partial charge in [0.05, 0.1) is 22.8 Å². The van der Waals surface area contributed by atoms with Crippen molar-refractivity contribution in [2.75, 3.05) is 12.4 Å². The molecule has 0 fully saturated rings.